The summed E-state index contributed by atoms with van der Waals surface area (Å²) < 4.78 is 2.12. The molecule has 0 spiro atoms. The minimum absolute atomic E-state index is 0.890. The van der Waals surface area contributed by atoms with Crippen LogP contribution in [0.3, 0.4) is 0 Å². The zero-order valence-electron chi connectivity index (χ0n) is 9.99. The van der Waals surface area contributed by atoms with Gasteiger partial charge in [-0.25, -0.2) is 4.98 Å². The van der Waals surface area contributed by atoms with Crippen LogP contribution < -0.4 is 5.32 Å². The fourth-order valence-corrected chi connectivity index (χ4v) is 1.86. The van der Waals surface area contributed by atoms with E-state index in [1.165, 1.54) is 16.8 Å². The maximum Gasteiger partial charge on any atom is 0.110 e. The van der Waals surface area contributed by atoms with Crippen molar-refractivity contribution in [1.82, 2.24) is 14.9 Å². The summed E-state index contributed by atoms with van der Waals surface area (Å²) in [7, 11) is 1.96. The number of hydrogen-bond acceptors (Lipinski definition) is 2. The second kappa shape index (κ2) is 4.49. The van der Waals surface area contributed by atoms with Gasteiger partial charge in [-0.2, -0.15) is 0 Å². The molecule has 0 saturated carbocycles. The summed E-state index contributed by atoms with van der Waals surface area (Å²) in [6.07, 6.45) is 3.83. The molecule has 1 aromatic heterocycles. The summed E-state index contributed by atoms with van der Waals surface area (Å²) in [4.78, 5) is 4.26. The van der Waals surface area contributed by atoms with Crippen LogP contribution in [-0.2, 0) is 6.54 Å². The van der Waals surface area contributed by atoms with Gasteiger partial charge < -0.3 is 9.88 Å². The summed E-state index contributed by atoms with van der Waals surface area (Å²) in [5.74, 6) is 1.02. The number of nitrogens with one attached hydrogen (secondary N) is 1. The molecular formula is C13H17N3. The lowest BCUT2D eigenvalue weighted by Crippen LogP contribution is -2.06. The molecule has 0 aliphatic heterocycles. The average molecular weight is 215 g/mol. The van der Waals surface area contributed by atoms with Gasteiger partial charge in [0.25, 0.3) is 0 Å². The summed E-state index contributed by atoms with van der Waals surface area (Å²) in [6, 6.07) is 6.52. The highest BCUT2D eigenvalue weighted by Gasteiger charge is 2.04. The Hall–Kier alpha value is -1.61. The number of aryl methyl sites for hydroxylation is 2. The van der Waals surface area contributed by atoms with Crippen molar-refractivity contribution in [3.05, 3.63) is 47.5 Å². The van der Waals surface area contributed by atoms with Gasteiger partial charge in [0.15, 0.2) is 0 Å². The molecule has 0 atom stereocenters. The van der Waals surface area contributed by atoms with E-state index >= 15 is 0 Å². The van der Waals surface area contributed by atoms with Crippen LogP contribution in [0.25, 0.3) is 5.69 Å². The maximum atomic E-state index is 4.26. The van der Waals surface area contributed by atoms with Gasteiger partial charge in [-0.05, 0) is 38.1 Å². The number of benzene rings is 1. The molecule has 1 N–H and O–H groups in total. The maximum absolute atomic E-state index is 4.26. The summed E-state index contributed by atoms with van der Waals surface area (Å²) in [5.41, 5.74) is 3.76. The molecule has 1 heterocycles. The van der Waals surface area contributed by atoms with E-state index in [-0.39, 0.29) is 0 Å². The van der Waals surface area contributed by atoms with Gasteiger partial charge in [0, 0.05) is 24.6 Å². The van der Waals surface area contributed by atoms with E-state index in [9.17, 15) is 0 Å². The Morgan fingerprint density at radius 1 is 1.31 bits per heavy atom. The van der Waals surface area contributed by atoms with Gasteiger partial charge in [-0.1, -0.05) is 12.1 Å². The molecule has 16 heavy (non-hydrogen) atoms. The number of hydrogen-bond donors (Lipinski definition) is 1. The van der Waals surface area contributed by atoms with Crippen LogP contribution in [0.1, 0.15) is 17.0 Å². The Labute approximate surface area is 96.1 Å². The van der Waals surface area contributed by atoms with Crippen molar-refractivity contribution in [2.75, 3.05) is 7.05 Å². The Morgan fingerprint density at radius 2 is 2.12 bits per heavy atom. The molecule has 3 heteroatoms. The number of rotatable bonds is 3. The van der Waals surface area contributed by atoms with Crippen molar-refractivity contribution in [3.8, 4) is 5.69 Å². The van der Waals surface area contributed by atoms with Crippen LogP contribution in [0.5, 0.6) is 0 Å². The topological polar surface area (TPSA) is 29.9 Å². The third-order valence-electron chi connectivity index (χ3n) is 2.74. The molecule has 0 unspecified atom stereocenters. The summed E-state index contributed by atoms with van der Waals surface area (Å²) in [5, 5.41) is 3.17. The molecular weight excluding hydrogens is 198 g/mol. The minimum atomic E-state index is 0.890. The largest absolute Gasteiger partial charge is 0.316 e. The van der Waals surface area contributed by atoms with Crippen LogP contribution in [0, 0.1) is 13.8 Å². The van der Waals surface area contributed by atoms with E-state index in [1.54, 1.807) is 0 Å². The monoisotopic (exact) mass is 215 g/mol. The quantitative estimate of drug-likeness (QED) is 0.850. The molecule has 2 aromatic rings. The molecule has 0 aliphatic carbocycles. The molecule has 0 radical (unpaired) electrons. The predicted octanol–water partition coefficient (Wildman–Crippen LogP) is 2.21. The van der Waals surface area contributed by atoms with Crippen LogP contribution in [0.4, 0.5) is 0 Å². The first-order chi connectivity index (χ1) is 7.72. The molecule has 1 aromatic carbocycles. The molecule has 3 nitrogen and oxygen atoms in total. The second-order valence-corrected chi connectivity index (χ2v) is 4.00. The first-order valence-electron chi connectivity index (χ1n) is 5.47. The molecule has 0 bridgehead atoms. The van der Waals surface area contributed by atoms with E-state index in [4.69, 9.17) is 0 Å². The third-order valence-corrected chi connectivity index (χ3v) is 2.74. The lowest BCUT2D eigenvalue weighted by molar-refractivity contribution is 0.814. The van der Waals surface area contributed by atoms with E-state index in [1.807, 2.05) is 26.4 Å². The normalized spacial score (nSPS) is 10.7. The Bertz CT molecular complexity index is 486. The first kappa shape index (κ1) is 10.9. The Morgan fingerprint density at radius 3 is 2.75 bits per heavy atom. The van der Waals surface area contributed by atoms with E-state index in [0.717, 1.165) is 12.4 Å². The molecule has 0 aliphatic rings. The van der Waals surface area contributed by atoms with E-state index in [2.05, 4.69) is 40.0 Å². The first-order valence-corrected chi connectivity index (χ1v) is 5.47. The average Bonchev–Trinajstić information content (AvgIpc) is 2.68. The molecule has 0 amide bonds. The lowest BCUT2D eigenvalue weighted by Gasteiger charge is -2.11. The van der Waals surface area contributed by atoms with E-state index in [0.29, 0.717) is 0 Å². The number of imidazole rings is 1. The highest BCUT2D eigenvalue weighted by molar-refractivity contribution is 5.44. The van der Waals surface area contributed by atoms with Gasteiger partial charge >= 0.3 is 0 Å². The highest BCUT2D eigenvalue weighted by atomic mass is 15.1. The van der Waals surface area contributed by atoms with Crippen molar-refractivity contribution in [2.24, 2.45) is 0 Å². The van der Waals surface area contributed by atoms with Gasteiger partial charge in [0.05, 0.1) is 0 Å². The second-order valence-electron chi connectivity index (χ2n) is 4.00. The zero-order valence-corrected chi connectivity index (χ0v) is 9.99. The zero-order chi connectivity index (χ0) is 11.5. The van der Waals surface area contributed by atoms with Gasteiger partial charge in [-0.3, -0.25) is 0 Å². The number of nitrogens with zero attached hydrogens (tertiary/aromatic N) is 2. The van der Waals surface area contributed by atoms with Crippen molar-refractivity contribution in [1.29, 1.82) is 0 Å². The van der Waals surface area contributed by atoms with Crippen LogP contribution in [0.2, 0.25) is 0 Å². The van der Waals surface area contributed by atoms with Crippen LogP contribution >= 0.6 is 0 Å². The fraction of sp³-hybridized carbons (Fsp3) is 0.308. The van der Waals surface area contributed by atoms with E-state index < -0.39 is 0 Å². The van der Waals surface area contributed by atoms with Gasteiger partial charge in [-0.15, -0.1) is 0 Å². The smallest absolute Gasteiger partial charge is 0.110 e. The Kier molecular flexibility index (Phi) is 3.06. The molecule has 0 saturated heterocycles. The third kappa shape index (κ3) is 1.99. The fourth-order valence-electron chi connectivity index (χ4n) is 1.86. The minimum Gasteiger partial charge on any atom is -0.316 e. The number of aromatic nitrogens is 2. The molecule has 2 rings (SSSR count). The SMILES string of the molecule is CNCc1ccc(C)c(-n2ccnc2C)c1. The van der Waals surface area contributed by atoms with Crippen LogP contribution in [0.15, 0.2) is 30.6 Å². The van der Waals surface area contributed by atoms with Crippen molar-refractivity contribution < 1.29 is 0 Å². The predicted molar refractivity (Wildman–Crippen MR) is 65.8 cm³/mol. The van der Waals surface area contributed by atoms with Gasteiger partial charge in [0.2, 0.25) is 0 Å². The van der Waals surface area contributed by atoms with Crippen molar-refractivity contribution in [2.45, 2.75) is 20.4 Å². The summed E-state index contributed by atoms with van der Waals surface area (Å²) >= 11 is 0. The van der Waals surface area contributed by atoms with Crippen molar-refractivity contribution in [3.63, 3.8) is 0 Å². The van der Waals surface area contributed by atoms with Gasteiger partial charge in [0.1, 0.15) is 5.82 Å². The molecule has 0 fully saturated rings. The molecule has 84 valence electrons. The lowest BCUT2D eigenvalue weighted by atomic mass is 10.1. The summed E-state index contributed by atoms with van der Waals surface area (Å²) in [6.45, 7) is 5.03. The van der Waals surface area contributed by atoms with Crippen LogP contribution in [-0.4, -0.2) is 16.6 Å². The Balaban J connectivity index is 2.47. The van der Waals surface area contributed by atoms with Crippen molar-refractivity contribution >= 4 is 0 Å². The standard InChI is InChI=1S/C13H17N3/c1-10-4-5-12(9-14-3)8-13(10)16-7-6-15-11(16)2/h4-8,14H,9H2,1-3H3. The highest BCUT2D eigenvalue weighted by Crippen LogP contribution is 2.17.